The zero-order valence-corrected chi connectivity index (χ0v) is 15.5. The van der Waals surface area contributed by atoms with Crippen molar-refractivity contribution in [2.75, 3.05) is 0 Å². The van der Waals surface area contributed by atoms with Crippen LogP contribution in [-0.2, 0) is 23.0 Å². The largest absolute Gasteiger partial charge is 0.387 e. The first-order chi connectivity index (χ1) is 13.1. The number of rotatable bonds is 4. The van der Waals surface area contributed by atoms with E-state index in [4.69, 9.17) is 0 Å². The van der Waals surface area contributed by atoms with Crippen LogP contribution in [0.1, 0.15) is 22.9 Å². The third kappa shape index (κ3) is 3.39. The lowest BCUT2D eigenvalue weighted by atomic mass is 9.97. The summed E-state index contributed by atoms with van der Waals surface area (Å²) in [5.74, 6) is 0. The van der Waals surface area contributed by atoms with Gasteiger partial charge in [0.15, 0.2) is 0 Å². The minimum atomic E-state index is -3.74. The number of aliphatic hydroxyl groups excluding tert-OH is 1. The van der Waals surface area contributed by atoms with Gasteiger partial charge in [0.05, 0.1) is 17.0 Å². The van der Waals surface area contributed by atoms with Crippen LogP contribution in [0, 0.1) is 0 Å². The lowest BCUT2D eigenvalue weighted by Crippen LogP contribution is -2.48. The Morgan fingerprint density at radius 1 is 0.926 bits per heavy atom. The fourth-order valence-corrected chi connectivity index (χ4v) is 5.40. The predicted octanol–water partition coefficient (Wildman–Crippen LogP) is 2.93. The van der Waals surface area contributed by atoms with Crippen LogP contribution >= 0.6 is 0 Å². The highest BCUT2D eigenvalue weighted by atomic mass is 32.2. The van der Waals surface area contributed by atoms with Crippen molar-refractivity contribution in [3.8, 4) is 0 Å². The first-order valence-corrected chi connectivity index (χ1v) is 10.2. The third-order valence-electron chi connectivity index (χ3n) is 4.88. The highest BCUT2D eigenvalue weighted by Gasteiger charge is 2.43. The molecule has 2 atom stereocenters. The molecule has 0 aliphatic carbocycles. The molecule has 27 heavy (non-hydrogen) atoms. The molecule has 3 aromatic rings. The smallest absolute Gasteiger partial charge is 0.244 e. The van der Waals surface area contributed by atoms with Gasteiger partial charge in [-0.3, -0.25) is 4.98 Å². The van der Waals surface area contributed by atoms with Gasteiger partial charge in [-0.05, 0) is 23.8 Å². The second kappa shape index (κ2) is 7.23. The molecule has 0 radical (unpaired) electrons. The predicted molar refractivity (Wildman–Crippen MR) is 102 cm³/mol. The number of pyridine rings is 1. The molecule has 1 N–H and O–H groups in total. The third-order valence-corrected chi connectivity index (χ3v) is 6.83. The SMILES string of the molecule is O=S1(=O)c2ccccc2C(O)C(Cc2ccccn2)N1Cc1ccccc1. The van der Waals surface area contributed by atoms with Gasteiger partial charge < -0.3 is 5.11 Å². The summed E-state index contributed by atoms with van der Waals surface area (Å²) < 4.78 is 28.1. The lowest BCUT2D eigenvalue weighted by molar-refractivity contribution is 0.0764. The van der Waals surface area contributed by atoms with Gasteiger partial charge in [0.1, 0.15) is 0 Å². The first-order valence-electron chi connectivity index (χ1n) is 8.80. The Morgan fingerprint density at radius 2 is 1.63 bits per heavy atom. The van der Waals surface area contributed by atoms with Crippen molar-refractivity contribution < 1.29 is 13.5 Å². The van der Waals surface area contributed by atoms with Crippen LogP contribution in [0.4, 0.5) is 0 Å². The number of benzene rings is 2. The molecule has 4 rings (SSSR count). The molecule has 0 fully saturated rings. The number of nitrogens with zero attached hydrogens (tertiary/aromatic N) is 2. The van der Waals surface area contributed by atoms with E-state index in [2.05, 4.69) is 4.98 Å². The summed E-state index contributed by atoms with van der Waals surface area (Å²) in [4.78, 5) is 4.49. The number of aromatic nitrogens is 1. The maximum Gasteiger partial charge on any atom is 0.244 e. The molecule has 0 amide bonds. The van der Waals surface area contributed by atoms with Gasteiger partial charge in [0.2, 0.25) is 10.0 Å². The average Bonchev–Trinajstić information content (AvgIpc) is 2.71. The quantitative estimate of drug-likeness (QED) is 0.756. The van der Waals surface area contributed by atoms with Crippen LogP contribution in [0.2, 0.25) is 0 Å². The molecular formula is C21H20N2O3S. The summed E-state index contributed by atoms with van der Waals surface area (Å²) in [6.07, 6.45) is 1.09. The Hall–Kier alpha value is -2.54. The molecule has 0 saturated heterocycles. The normalized spacial score (nSPS) is 21.5. The second-order valence-corrected chi connectivity index (χ2v) is 8.47. The highest BCUT2D eigenvalue weighted by Crippen LogP contribution is 2.38. The number of fused-ring (bicyclic) bond motifs is 1. The van der Waals surface area contributed by atoms with E-state index < -0.39 is 22.2 Å². The van der Waals surface area contributed by atoms with Crippen molar-refractivity contribution in [3.05, 3.63) is 95.8 Å². The minimum Gasteiger partial charge on any atom is -0.387 e. The molecule has 0 bridgehead atoms. The van der Waals surface area contributed by atoms with Gasteiger partial charge in [-0.25, -0.2) is 8.42 Å². The van der Waals surface area contributed by atoms with Crippen molar-refractivity contribution in [1.82, 2.24) is 9.29 Å². The van der Waals surface area contributed by atoms with Gasteiger partial charge in [-0.2, -0.15) is 4.31 Å². The molecule has 138 valence electrons. The second-order valence-electron chi connectivity index (χ2n) is 6.61. The Kier molecular flexibility index (Phi) is 4.78. The van der Waals surface area contributed by atoms with Gasteiger partial charge in [-0.15, -0.1) is 0 Å². The molecule has 5 nitrogen and oxygen atoms in total. The van der Waals surface area contributed by atoms with Gasteiger partial charge in [0.25, 0.3) is 0 Å². The topological polar surface area (TPSA) is 70.5 Å². The van der Waals surface area contributed by atoms with Crippen molar-refractivity contribution in [3.63, 3.8) is 0 Å². The number of sulfonamides is 1. The molecule has 6 heteroatoms. The summed E-state index contributed by atoms with van der Waals surface area (Å²) in [6, 6.07) is 21.0. The van der Waals surface area contributed by atoms with E-state index in [-0.39, 0.29) is 11.4 Å². The number of hydrogen-bond donors (Lipinski definition) is 1. The Morgan fingerprint density at radius 3 is 2.37 bits per heavy atom. The van der Waals surface area contributed by atoms with E-state index in [9.17, 15) is 13.5 Å². The molecule has 0 spiro atoms. The number of hydrogen-bond acceptors (Lipinski definition) is 4. The van der Waals surface area contributed by atoms with Gasteiger partial charge >= 0.3 is 0 Å². The molecule has 1 aliphatic rings. The molecule has 2 unspecified atom stereocenters. The van der Waals surface area contributed by atoms with E-state index in [1.807, 2.05) is 48.5 Å². The van der Waals surface area contributed by atoms with E-state index >= 15 is 0 Å². The molecule has 0 saturated carbocycles. The summed E-state index contributed by atoms with van der Waals surface area (Å²) in [7, 11) is -3.74. The Labute approximate surface area is 159 Å². The van der Waals surface area contributed by atoms with E-state index in [0.29, 0.717) is 12.0 Å². The summed E-state index contributed by atoms with van der Waals surface area (Å²) in [6.45, 7) is 0.200. The van der Waals surface area contributed by atoms with Gasteiger partial charge in [-0.1, -0.05) is 54.6 Å². The summed E-state index contributed by atoms with van der Waals surface area (Å²) in [5.41, 5.74) is 2.07. The van der Waals surface area contributed by atoms with Gasteiger partial charge in [0, 0.05) is 30.4 Å². The Balaban J connectivity index is 1.80. The van der Waals surface area contributed by atoms with Crippen molar-refractivity contribution in [1.29, 1.82) is 0 Å². The molecule has 1 aromatic heterocycles. The molecule has 2 heterocycles. The highest BCUT2D eigenvalue weighted by molar-refractivity contribution is 7.89. The van der Waals surface area contributed by atoms with Crippen LogP contribution in [0.25, 0.3) is 0 Å². The first kappa shape index (κ1) is 17.9. The Bertz CT molecular complexity index is 1020. The molecule has 2 aromatic carbocycles. The van der Waals surface area contributed by atoms with Crippen LogP contribution in [0.5, 0.6) is 0 Å². The number of aliphatic hydroxyl groups is 1. The summed E-state index contributed by atoms with van der Waals surface area (Å²) in [5, 5.41) is 11.0. The molecule has 1 aliphatic heterocycles. The zero-order chi connectivity index (χ0) is 18.9. The van der Waals surface area contributed by atoms with Crippen molar-refractivity contribution >= 4 is 10.0 Å². The molecular weight excluding hydrogens is 360 g/mol. The monoisotopic (exact) mass is 380 g/mol. The summed E-state index contributed by atoms with van der Waals surface area (Å²) >= 11 is 0. The van der Waals surface area contributed by atoms with Crippen LogP contribution in [0.3, 0.4) is 0 Å². The maximum atomic E-state index is 13.3. The van der Waals surface area contributed by atoms with Crippen LogP contribution < -0.4 is 0 Å². The average molecular weight is 380 g/mol. The van der Waals surface area contributed by atoms with Crippen LogP contribution in [-0.4, -0.2) is 28.9 Å². The maximum absolute atomic E-state index is 13.3. The van der Waals surface area contributed by atoms with E-state index in [0.717, 1.165) is 11.3 Å². The van der Waals surface area contributed by atoms with Crippen LogP contribution in [0.15, 0.2) is 83.9 Å². The van der Waals surface area contributed by atoms with E-state index in [1.165, 1.54) is 4.31 Å². The minimum absolute atomic E-state index is 0.172. The van der Waals surface area contributed by atoms with E-state index in [1.54, 1.807) is 30.5 Å². The van der Waals surface area contributed by atoms with Crippen molar-refractivity contribution in [2.45, 2.75) is 30.0 Å². The standard InChI is InChI=1S/C21H20N2O3S/c24-21-18-11-4-5-12-20(18)27(25,26)23(15-16-8-2-1-3-9-16)19(21)14-17-10-6-7-13-22-17/h1-13,19,21,24H,14-15H2. The fraction of sp³-hybridized carbons (Fsp3) is 0.190. The van der Waals surface area contributed by atoms with Crippen molar-refractivity contribution in [2.24, 2.45) is 0 Å². The zero-order valence-electron chi connectivity index (χ0n) is 14.6. The fourth-order valence-electron chi connectivity index (χ4n) is 3.54. The lowest BCUT2D eigenvalue weighted by Gasteiger charge is -2.39.